The number of para-hydroxylation sites is 1. The number of nitrogens with one attached hydrogen (secondary N) is 2. The van der Waals surface area contributed by atoms with Crippen LogP contribution in [0, 0.1) is 0 Å². The summed E-state index contributed by atoms with van der Waals surface area (Å²) < 4.78 is 12.0. The summed E-state index contributed by atoms with van der Waals surface area (Å²) in [5.41, 5.74) is 3.83. The first-order valence-corrected chi connectivity index (χ1v) is 11.7. The number of H-pyrrole nitrogens is 1. The SMILES string of the molecule is CC(C)(C)NC(CCOc1ccccc1Cc1cccc2[nH]ccc12)OC(=O)c1ccccc1. The van der Waals surface area contributed by atoms with Crippen LogP contribution >= 0.6 is 0 Å². The summed E-state index contributed by atoms with van der Waals surface area (Å²) in [7, 11) is 0. The average molecular weight is 457 g/mol. The minimum Gasteiger partial charge on any atom is -0.493 e. The normalized spacial score (nSPS) is 12.4. The van der Waals surface area contributed by atoms with Gasteiger partial charge in [0, 0.05) is 35.5 Å². The van der Waals surface area contributed by atoms with Crippen LogP contribution in [-0.4, -0.2) is 29.3 Å². The van der Waals surface area contributed by atoms with Gasteiger partial charge in [0.05, 0.1) is 12.2 Å². The number of fused-ring (bicyclic) bond motifs is 1. The lowest BCUT2D eigenvalue weighted by Crippen LogP contribution is -2.46. The molecule has 34 heavy (non-hydrogen) atoms. The Hall–Kier alpha value is -3.57. The van der Waals surface area contributed by atoms with Crippen molar-refractivity contribution >= 4 is 16.9 Å². The maximum absolute atomic E-state index is 12.6. The predicted molar refractivity (Wildman–Crippen MR) is 136 cm³/mol. The third-order valence-electron chi connectivity index (χ3n) is 5.53. The summed E-state index contributed by atoms with van der Waals surface area (Å²) in [6.07, 6.45) is 2.80. The summed E-state index contributed by atoms with van der Waals surface area (Å²) in [6, 6.07) is 25.6. The van der Waals surface area contributed by atoms with E-state index in [2.05, 4.69) is 40.6 Å². The Balaban J connectivity index is 1.42. The highest BCUT2D eigenvalue weighted by Gasteiger charge is 2.22. The van der Waals surface area contributed by atoms with Crippen LogP contribution in [0.4, 0.5) is 0 Å². The standard InChI is InChI=1S/C29H32N2O3/c1-29(2,3)31-27(34-28(32)21-10-5-4-6-11-21)17-19-33-26-15-8-7-12-23(26)20-22-13-9-14-25-24(22)16-18-30-25/h4-16,18,27,30-31H,17,19-20H2,1-3H3. The molecule has 5 nitrogen and oxygen atoms in total. The molecule has 0 spiro atoms. The lowest BCUT2D eigenvalue weighted by atomic mass is 10.0. The van der Waals surface area contributed by atoms with Crippen molar-refractivity contribution in [3.05, 3.63) is 102 Å². The Morgan fingerprint density at radius 3 is 2.44 bits per heavy atom. The lowest BCUT2D eigenvalue weighted by molar-refractivity contribution is 0.00770. The molecule has 0 saturated carbocycles. The quantitative estimate of drug-likeness (QED) is 0.236. The van der Waals surface area contributed by atoms with E-state index in [-0.39, 0.29) is 11.5 Å². The largest absolute Gasteiger partial charge is 0.493 e. The van der Waals surface area contributed by atoms with Crippen molar-refractivity contribution in [2.24, 2.45) is 0 Å². The summed E-state index contributed by atoms with van der Waals surface area (Å²) in [6.45, 7) is 6.57. The highest BCUT2D eigenvalue weighted by Crippen LogP contribution is 2.26. The third kappa shape index (κ3) is 6.27. The van der Waals surface area contributed by atoms with Crippen molar-refractivity contribution in [2.75, 3.05) is 6.61 Å². The first-order valence-electron chi connectivity index (χ1n) is 11.7. The predicted octanol–water partition coefficient (Wildman–Crippen LogP) is 6.10. The maximum atomic E-state index is 12.6. The van der Waals surface area contributed by atoms with Gasteiger partial charge in [-0.25, -0.2) is 4.79 Å². The molecule has 1 atom stereocenters. The van der Waals surface area contributed by atoms with Crippen LogP contribution in [0.1, 0.15) is 48.7 Å². The average Bonchev–Trinajstić information content (AvgIpc) is 3.30. The molecule has 0 radical (unpaired) electrons. The van der Waals surface area contributed by atoms with E-state index in [9.17, 15) is 4.79 Å². The number of aromatic nitrogens is 1. The molecule has 5 heteroatoms. The van der Waals surface area contributed by atoms with Gasteiger partial charge in [0.2, 0.25) is 0 Å². The van der Waals surface area contributed by atoms with Gasteiger partial charge >= 0.3 is 5.97 Å². The van der Waals surface area contributed by atoms with Gasteiger partial charge in [-0.05, 0) is 62.2 Å². The molecule has 176 valence electrons. The van der Waals surface area contributed by atoms with Crippen LogP contribution in [0.15, 0.2) is 85.1 Å². The molecular weight excluding hydrogens is 424 g/mol. The number of rotatable bonds is 9. The first-order chi connectivity index (χ1) is 16.4. The van der Waals surface area contributed by atoms with E-state index in [0.717, 1.165) is 23.3 Å². The Labute approximate surface area is 201 Å². The molecule has 3 aromatic carbocycles. The highest BCUT2D eigenvalue weighted by atomic mass is 16.6. The van der Waals surface area contributed by atoms with Crippen LogP contribution in [-0.2, 0) is 11.2 Å². The van der Waals surface area contributed by atoms with Gasteiger partial charge in [-0.2, -0.15) is 0 Å². The Kier molecular flexibility index (Phi) is 7.33. The Bertz CT molecular complexity index is 1220. The summed E-state index contributed by atoms with van der Waals surface area (Å²) in [5, 5.41) is 4.61. The molecule has 0 fully saturated rings. The molecular formula is C29H32N2O3. The maximum Gasteiger partial charge on any atom is 0.339 e. The molecule has 0 aliphatic rings. The zero-order valence-corrected chi connectivity index (χ0v) is 20.0. The Morgan fingerprint density at radius 1 is 0.912 bits per heavy atom. The van der Waals surface area contributed by atoms with Crippen molar-refractivity contribution < 1.29 is 14.3 Å². The topological polar surface area (TPSA) is 63.4 Å². The smallest absolute Gasteiger partial charge is 0.339 e. The molecule has 4 aromatic rings. The number of benzene rings is 3. The molecule has 0 aliphatic heterocycles. The van der Waals surface area contributed by atoms with Gasteiger partial charge in [-0.1, -0.05) is 48.5 Å². The number of esters is 1. The second-order valence-corrected chi connectivity index (χ2v) is 9.43. The molecule has 0 bridgehead atoms. The van der Waals surface area contributed by atoms with Gasteiger partial charge in [-0.15, -0.1) is 0 Å². The van der Waals surface area contributed by atoms with Crippen molar-refractivity contribution in [1.82, 2.24) is 10.3 Å². The molecule has 1 heterocycles. The van der Waals surface area contributed by atoms with Gasteiger partial charge in [0.15, 0.2) is 6.23 Å². The van der Waals surface area contributed by atoms with Crippen LogP contribution < -0.4 is 10.1 Å². The van der Waals surface area contributed by atoms with E-state index < -0.39 is 6.23 Å². The summed E-state index contributed by atoms with van der Waals surface area (Å²) >= 11 is 0. The molecule has 1 aromatic heterocycles. The molecule has 0 amide bonds. The monoisotopic (exact) mass is 456 g/mol. The van der Waals surface area contributed by atoms with E-state index in [4.69, 9.17) is 9.47 Å². The Morgan fingerprint density at radius 2 is 1.65 bits per heavy atom. The fourth-order valence-electron chi connectivity index (χ4n) is 3.99. The number of hydrogen-bond acceptors (Lipinski definition) is 4. The second kappa shape index (κ2) is 10.6. The second-order valence-electron chi connectivity index (χ2n) is 9.43. The van der Waals surface area contributed by atoms with Crippen LogP contribution in [0.3, 0.4) is 0 Å². The lowest BCUT2D eigenvalue weighted by Gasteiger charge is -2.28. The van der Waals surface area contributed by atoms with Crippen molar-refractivity contribution in [2.45, 2.75) is 45.4 Å². The molecule has 0 aliphatic carbocycles. The van der Waals surface area contributed by atoms with E-state index in [1.807, 2.05) is 63.4 Å². The fraction of sp³-hybridized carbons (Fsp3) is 0.276. The minimum atomic E-state index is -0.464. The van der Waals surface area contributed by atoms with Gasteiger partial charge < -0.3 is 14.5 Å². The van der Waals surface area contributed by atoms with Crippen LogP contribution in [0.2, 0.25) is 0 Å². The van der Waals surface area contributed by atoms with Crippen molar-refractivity contribution in [1.29, 1.82) is 0 Å². The highest BCUT2D eigenvalue weighted by molar-refractivity contribution is 5.89. The van der Waals surface area contributed by atoms with Gasteiger partial charge in [0.25, 0.3) is 0 Å². The van der Waals surface area contributed by atoms with Crippen LogP contribution in [0.5, 0.6) is 5.75 Å². The summed E-state index contributed by atoms with van der Waals surface area (Å²) in [4.78, 5) is 15.9. The van der Waals surface area contributed by atoms with E-state index >= 15 is 0 Å². The van der Waals surface area contributed by atoms with Gasteiger partial charge in [0.1, 0.15) is 5.75 Å². The molecule has 1 unspecified atom stereocenters. The number of carbonyl (C=O) groups excluding carboxylic acids is 1. The van der Waals surface area contributed by atoms with E-state index in [1.54, 1.807) is 12.1 Å². The molecule has 2 N–H and O–H groups in total. The van der Waals surface area contributed by atoms with Gasteiger partial charge in [-0.3, -0.25) is 5.32 Å². The fourth-order valence-corrected chi connectivity index (χ4v) is 3.99. The number of aromatic amines is 1. The van der Waals surface area contributed by atoms with E-state index in [1.165, 1.54) is 10.9 Å². The first kappa shape index (κ1) is 23.6. The third-order valence-corrected chi connectivity index (χ3v) is 5.53. The number of carbonyl (C=O) groups is 1. The summed E-state index contributed by atoms with van der Waals surface area (Å²) in [5.74, 6) is 0.501. The molecule has 0 saturated heterocycles. The van der Waals surface area contributed by atoms with Crippen LogP contribution in [0.25, 0.3) is 10.9 Å². The number of hydrogen-bond donors (Lipinski definition) is 2. The van der Waals surface area contributed by atoms with E-state index in [0.29, 0.717) is 18.6 Å². The van der Waals surface area contributed by atoms with Crippen molar-refractivity contribution in [3.8, 4) is 5.75 Å². The zero-order chi connectivity index (χ0) is 24.0. The number of ether oxygens (including phenoxy) is 2. The minimum absolute atomic E-state index is 0.214. The van der Waals surface area contributed by atoms with Crippen molar-refractivity contribution in [3.63, 3.8) is 0 Å². The zero-order valence-electron chi connectivity index (χ0n) is 20.0. The molecule has 4 rings (SSSR count).